The lowest BCUT2D eigenvalue weighted by Crippen LogP contribution is -2.54. The number of nitrogens with one attached hydrogen (secondary N) is 1. The average molecular weight is 517 g/mol. The van der Waals surface area contributed by atoms with Crippen LogP contribution in [0, 0.1) is 13.8 Å². The number of aromatic nitrogens is 2. The lowest BCUT2D eigenvalue weighted by atomic mass is 10.1. The third-order valence-corrected chi connectivity index (χ3v) is 6.03. The van der Waals surface area contributed by atoms with Crippen molar-refractivity contribution in [1.82, 2.24) is 29.8 Å². The zero-order chi connectivity index (χ0) is 20.1. The Morgan fingerprint density at radius 1 is 1.03 bits per heavy atom. The molecule has 2 saturated heterocycles. The Kier molecular flexibility index (Phi) is 9.19. The first-order valence-corrected chi connectivity index (χ1v) is 10.4. The van der Waals surface area contributed by atoms with Gasteiger partial charge in [0.1, 0.15) is 0 Å². The van der Waals surface area contributed by atoms with Crippen molar-refractivity contribution in [2.75, 3.05) is 52.9 Å². The SMILES string of the molecule is CN=C(NCc1c(C)nn(C)c1C)N1CCN(CC(=O)N2CCCCC2)CC1.I. The minimum Gasteiger partial charge on any atom is -0.352 e. The van der Waals surface area contributed by atoms with Crippen LogP contribution >= 0.6 is 24.0 Å². The molecule has 164 valence electrons. The minimum absolute atomic E-state index is 0. The van der Waals surface area contributed by atoms with Crippen LogP contribution < -0.4 is 5.32 Å². The number of piperidine rings is 1. The van der Waals surface area contributed by atoms with Crippen molar-refractivity contribution in [3.63, 3.8) is 0 Å². The monoisotopic (exact) mass is 517 g/mol. The van der Waals surface area contributed by atoms with Gasteiger partial charge < -0.3 is 15.1 Å². The Bertz CT molecular complexity index is 704. The van der Waals surface area contributed by atoms with E-state index in [-0.39, 0.29) is 29.9 Å². The van der Waals surface area contributed by atoms with Crippen molar-refractivity contribution in [3.05, 3.63) is 17.0 Å². The highest BCUT2D eigenvalue weighted by Crippen LogP contribution is 2.12. The maximum Gasteiger partial charge on any atom is 0.236 e. The number of guanidine groups is 1. The molecule has 0 bridgehead atoms. The lowest BCUT2D eigenvalue weighted by molar-refractivity contribution is -0.133. The maximum absolute atomic E-state index is 12.5. The molecule has 0 saturated carbocycles. The van der Waals surface area contributed by atoms with Crippen molar-refractivity contribution < 1.29 is 4.79 Å². The molecular formula is C20H36IN7O. The zero-order valence-electron chi connectivity index (χ0n) is 18.3. The number of aryl methyl sites for hydroxylation is 2. The molecule has 0 spiro atoms. The van der Waals surface area contributed by atoms with Gasteiger partial charge in [0, 0.05) is 71.2 Å². The number of carbonyl (C=O) groups excluding carboxylic acids is 1. The highest BCUT2D eigenvalue weighted by molar-refractivity contribution is 14.0. The molecule has 0 aliphatic carbocycles. The van der Waals surface area contributed by atoms with Crippen LogP contribution in [0.25, 0.3) is 0 Å². The summed E-state index contributed by atoms with van der Waals surface area (Å²) in [6.45, 7) is 10.8. The topological polar surface area (TPSA) is 69.0 Å². The highest BCUT2D eigenvalue weighted by Gasteiger charge is 2.24. The van der Waals surface area contributed by atoms with Crippen LogP contribution in [-0.2, 0) is 18.4 Å². The Morgan fingerprint density at radius 3 is 2.24 bits per heavy atom. The first-order chi connectivity index (χ1) is 13.5. The average Bonchev–Trinajstić information content (AvgIpc) is 2.96. The van der Waals surface area contributed by atoms with E-state index in [1.807, 2.05) is 30.6 Å². The number of piperazine rings is 1. The first-order valence-electron chi connectivity index (χ1n) is 10.4. The summed E-state index contributed by atoms with van der Waals surface area (Å²) >= 11 is 0. The van der Waals surface area contributed by atoms with Crippen LogP contribution in [0.3, 0.4) is 0 Å². The van der Waals surface area contributed by atoms with Gasteiger partial charge >= 0.3 is 0 Å². The molecule has 29 heavy (non-hydrogen) atoms. The van der Waals surface area contributed by atoms with Crippen molar-refractivity contribution in [3.8, 4) is 0 Å². The number of hydrogen-bond acceptors (Lipinski definition) is 4. The molecule has 3 heterocycles. The molecule has 2 fully saturated rings. The smallest absolute Gasteiger partial charge is 0.236 e. The number of hydrogen-bond donors (Lipinski definition) is 1. The fraction of sp³-hybridized carbons (Fsp3) is 0.750. The lowest BCUT2D eigenvalue weighted by Gasteiger charge is -2.37. The zero-order valence-corrected chi connectivity index (χ0v) is 20.6. The normalized spacial score (nSPS) is 18.6. The van der Waals surface area contributed by atoms with Gasteiger partial charge in [-0.3, -0.25) is 19.4 Å². The molecule has 0 atom stereocenters. The number of halogens is 1. The van der Waals surface area contributed by atoms with Crippen LogP contribution in [0.15, 0.2) is 4.99 Å². The third kappa shape index (κ3) is 6.07. The molecular weight excluding hydrogens is 481 g/mol. The highest BCUT2D eigenvalue weighted by atomic mass is 127. The van der Waals surface area contributed by atoms with Gasteiger partial charge in [-0.05, 0) is 33.1 Å². The predicted octanol–water partition coefficient (Wildman–Crippen LogP) is 1.36. The molecule has 2 aliphatic heterocycles. The summed E-state index contributed by atoms with van der Waals surface area (Å²) in [5, 5.41) is 7.97. The fourth-order valence-corrected chi connectivity index (χ4v) is 4.13. The van der Waals surface area contributed by atoms with Gasteiger partial charge in [0.05, 0.1) is 12.2 Å². The molecule has 0 radical (unpaired) electrons. The fourth-order valence-electron chi connectivity index (χ4n) is 4.13. The van der Waals surface area contributed by atoms with E-state index < -0.39 is 0 Å². The van der Waals surface area contributed by atoms with E-state index in [0.29, 0.717) is 6.54 Å². The molecule has 2 aliphatic rings. The van der Waals surface area contributed by atoms with E-state index >= 15 is 0 Å². The quantitative estimate of drug-likeness (QED) is 0.371. The van der Waals surface area contributed by atoms with E-state index in [1.54, 1.807) is 0 Å². The summed E-state index contributed by atoms with van der Waals surface area (Å²) in [7, 11) is 3.81. The van der Waals surface area contributed by atoms with Crippen LogP contribution in [0.5, 0.6) is 0 Å². The number of carbonyl (C=O) groups is 1. The summed E-state index contributed by atoms with van der Waals surface area (Å²) in [4.78, 5) is 23.5. The Labute approximate surface area is 191 Å². The standard InChI is InChI=1S/C20H35N7O.HI/c1-16-18(17(2)24(4)23-16)14-22-20(21-3)27-12-10-25(11-13-27)15-19(28)26-8-6-5-7-9-26;/h5-15H2,1-4H3,(H,21,22);1H. The van der Waals surface area contributed by atoms with E-state index in [2.05, 4.69) is 32.1 Å². The van der Waals surface area contributed by atoms with Gasteiger partial charge in [0.15, 0.2) is 5.96 Å². The minimum atomic E-state index is 0. The van der Waals surface area contributed by atoms with Crippen LogP contribution in [-0.4, -0.2) is 89.2 Å². The van der Waals surface area contributed by atoms with Gasteiger partial charge in [0.2, 0.25) is 5.91 Å². The molecule has 1 aromatic rings. The Hall–Kier alpha value is -1.36. The molecule has 1 aromatic heterocycles. The van der Waals surface area contributed by atoms with E-state index in [4.69, 9.17) is 0 Å². The number of likely N-dealkylation sites (tertiary alicyclic amines) is 1. The van der Waals surface area contributed by atoms with Crippen molar-refractivity contribution >= 4 is 35.8 Å². The predicted molar refractivity (Wildman–Crippen MR) is 127 cm³/mol. The van der Waals surface area contributed by atoms with Crippen LogP contribution in [0.1, 0.15) is 36.2 Å². The third-order valence-electron chi connectivity index (χ3n) is 6.03. The van der Waals surface area contributed by atoms with Crippen molar-refractivity contribution in [2.45, 2.75) is 39.7 Å². The summed E-state index contributed by atoms with van der Waals surface area (Å²) in [6, 6.07) is 0. The number of aliphatic imine (C=N–C) groups is 1. The molecule has 1 N–H and O–H groups in total. The molecule has 0 aromatic carbocycles. The van der Waals surface area contributed by atoms with Gasteiger partial charge in [0.25, 0.3) is 0 Å². The second kappa shape index (κ2) is 11.1. The molecule has 9 heteroatoms. The van der Waals surface area contributed by atoms with Gasteiger partial charge in [-0.25, -0.2) is 0 Å². The second-order valence-corrected chi connectivity index (χ2v) is 7.88. The summed E-state index contributed by atoms with van der Waals surface area (Å²) in [5.74, 6) is 1.21. The first kappa shape index (κ1) is 23.9. The number of rotatable bonds is 4. The molecule has 3 rings (SSSR count). The van der Waals surface area contributed by atoms with E-state index in [9.17, 15) is 4.79 Å². The second-order valence-electron chi connectivity index (χ2n) is 7.88. The van der Waals surface area contributed by atoms with Crippen LogP contribution in [0.2, 0.25) is 0 Å². The molecule has 8 nitrogen and oxygen atoms in total. The summed E-state index contributed by atoms with van der Waals surface area (Å²) in [6.07, 6.45) is 3.56. The summed E-state index contributed by atoms with van der Waals surface area (Å²) < 4.78 is 1.92. The number of nitrogens with zero attached hydrogens (tertiary/aromatic N) is 6. The van der Waals surface area contributed by atoms with E-state index in [0.717, 1.165) is 70.3 Å². The maximum atomic E-state index is 12.5. The molecule has 0 unspecified atom stereocenters. The van der Waals surface area contributed by atoms with Crippen LogP contribution in [0.4, 0.5) is 0 Å². The van der Waals surface area contributed by atoms with Gasteiger partial charge in [-0.1, -0.05) is 0 Å². The summed E-state index contributed by atoms with van der Waals surface area (Å²) in [5.41, 5.74) is 3.47. The molecule has 1 amide bonds. The van der Waals surface area contributed by atoms with E-state index in [1.165, 1.54) is 17.7 Å². The Morgan fingerprint density at radius 2 is 1.69 bits per heavy atom. The number of amides is 1. The van der Waals surface area contributed by atoms with Gasteiger partial charge in [-0.15, -0.1) is 24.0 Å². The van der Waals surface area contributed by atoms with Crippen molar-refractivity contribution in [1.29, 1.82) is 0 Å². The van der Waals surface area contributed by atoms with Crippen molar-refractivity contribution in [2.24, 2.45) is 12.0 Å². The Balaban J connectivity index is 0.00000300. The van der Waals surface area contributed by atoms with Gasteiger partial charge in [-0.2, -0.15) is 5.10 Å². The largest absolute Gasteiger partial charge is 0.352 e.